The summed E-state index contributed by atoms with van der Waals surface area (Å²) < 4.78 is 16.3. The van der Waals surface area contributed by atoms with Gasteiger partial charge in [0, 0.05) is 39.5 Å². The highest BCUT2D eigenvalue weighted by Crippen LogP contribution is 2.32. The van der Waals surface area contributed by atoms with E-state index < -0.39 is 0 Å². The summed E-state index contributed by atoms with van der Waals surface area (Å²) in [4.78, 5) is 26.5. The van der Waals surface area contributed by atoms with Crippen LogP contribution in [-0.4, -0.2) is 81.6 Å². The molecule has 2 aliphatic rings. The zero-order valence-electron chi connectivity index (χ0n) is 17.1. The Hall–Kier alpha value is -2.65. The van der Waals surface area contributed by atoms with Gasteiger partial charge in [-0.3, -0.25) is 14.5 Å². The van der Waals surface area contributed by atoms with Crippen molar-refractivity contribution in [1.29, 1.82) is 0 Å². The van der Waals surface area contributed by atoms with Gasteiger partial charge in [-0.2, -0.15) is 5.10 Å². The Morgan fingerprint density at radius 2 is 1.93 bits per heavy atom. The molecule has 0 saturated carbocycles. The maximum Gasteiger partial charge on any atom is 0.267 e. The van der Waals surface area contributed by atoms with E-state index >= 15 is 0 Å². The van der Waals surface area contributed by atoms with Crippen LogP contribution in [0.15, 0.2) is 23.3 Å². The molecule has 1 N–H and O–H groups in total. The average molecular weight is 404 g/mol. The summed E-state index contributed by atoms with van der Waals surface area (Å²) >= 11 is 0. The average Bonchev–Trinajstić information content (AvgIpc) is 2.76. The summed E-state index contributed by atoms with van der Waals surface area (Å²) in [7, 11) is 4.77. The van der Waals surface area contributed by atoms with Crippen molar-refractivity contribution in [3.63, 3.8) is 0 Å². The molecule has 0 spiro atoms. The van der Waals surface area contributed by atoms with Gasteiger partial charge in [-0.25, -0.2) is 5.01 Å². The lowest BCUT2D eigenvalue weighted by Crippen LogP contribution is -2.45. The smallest absolute Gasteiger partial charge is 0.267 e. The number of hydrazone groups is 1. The minimum atomic E-state index is -0.247. The van der Waals surface area contributed by atoms with E-state index in [9.17, 15) is 9.59 Å². The number of methoxy groups -OCH3 is 2. The van der Waals surface area contributed by atoms with Gasteiger partial charge in [0.05, 0.1) is 33.5 Å². The van der Waals surface area contributed by atoms with Crippen LogP contribution in [0.5, 0.6) is 11.5 Å². The molecule has 0 aliphatic carbocycles. The van der Waals surface area contributed by atoms with Gasteiger partial charge in [0.15, 0.2) is 11.5 Å². The lowest BCUT2D eigenvalue weighted by molar-refractivity contribution is -0.130. The fraction of sp³-hybridized carbons (Fsp3) is 0.550. The van der Waals surface area contributed by atoms with Gasteiger partial charge in [0.25, 0.3) is 5.91 Å². The SMILES string of the molecule is COc1ccc(C(CNC(=O)C2=NN(C)C(=O)CC2)N2CCOCC2)cc1OC. The molecule has 2 amide bonds. The predicted octanol–water partition coefficient (Wildman–Crippen LogP) is 0.802. The summed E-state index contributed by atoms with van der Waals surface area (Å²) in [5.74, 6) is 0.970. The number of hydrogen-bond acceptors (Lipinski definition) is 7. The molecule has 1 fully saturated rings. The van der Waals surface area contributed by atoms with Crippen LogP contribution in [0.2, 0.25) is 0 Å². The Labute approximate surface area is 170 Å². The molecular weight excluding hydrogens is 376 g/mol. The molecule has 9 heteroatoms. The Balaban J connectivity index is 1.77. The van der Waals surface area contributed by atoms with E-state index in [1.54, 1.807) is 21.3 Å². The van der Waals surface area contributed by atoms with E-state index in [0.717, 1.165) is 18.7 Å². The first-order chi connectivity index (χ1) is 14.0. The first kappa shape index (κ1) is 21.1. The number of benzene rings is 1. The topological polar surface area (TPSA) is 92.7 Å². The van der Waals surface area contributed by atoms with Crippen molar-refractivity contribution in [2.75, 3.05) is 54.1 Å². The van der Waals surface area contributed by atoms with Gasteiger partial charge < -0.3 is 19.5 Å². The Morgan fingerprint density at radius 3 is 2.59 bits per heavy atom. The summed E-state index contributed by atoms with van der Waals surface area (Å²) in [6.45, 7) is 3.25. The van der Waals surface area contributed by atoms with Gasteiger partial charge in [-0.1, -0.05) is 6.07 Å². The van der Waals surface area contributed by atoms with Crippen molar-refractivity contribution in [3.05, 3.63) is 23.8 Å². The van der Waals surface area contributed by atoms with Gasteiger partial charge in [-0.05, 0) is 17.7 Å². The normalized spacial score (nSPS) is 18.8. The zero-order valence-corrected chi connectivity index (χ0v) is 17.1. The number of nitrogens with zero attached hydrogens (tertiary/aromatic N) is 3. The molecule has 0 bridgehead atoms. The monoisotopic (exact) mass is 404 g/mol. The highest BCUT2D eigenvalue weighted by Gasteiger charge is 2.26. The molecule has 3 rings (SSSR count). The quantitative estimate of drug-likeness (QED) is 0.723. The van der Waals surface area contributed by atoms with Crippen molar-refractivity contribution in [1.82, 2.24) is 15.2 Å². The number of carbonyl (C=O) groups excluding carboxylic acids is 2. The highest BCUT2D eigenvalue weighted by molar-refractivity contribution is 6.39. The maximum atomic E-state index is 12.6. The number of hydrogen-bond donors (Lipinski definition) is 1. The number of amides is 2. The van der Waals surface area contributed by atoms with Crippen molar-refractivity contribution < 1.29 is 23.8 Å². The molecular formula is C20H28N4O5. The second-order valence-corrected chi connectivity index (χ2v) is 6.95. The van der Waals surface area contributed by atoms with Gasteiger partial charge >= 0.3 is 0 Å². The molecule has 1 aromatic rings. The number of ether oxygens (including phenoxy) is 3. The molecule has 2 aliphatic heterocycles. The third-order valence-electron chi connectivity index (χ3n) is 5.20. The van der Waals surface area contributed by atoms with Gasteiger partial charge in [-0.15, -0.1) is 0 Å². The van der Waals surface area contributed by atoms with E-state index in [4.69, 9.17) is 14.2 Å². The predicted molar refractivity (Wildman–Crippen MR) is 107 cm³/mol. The Bertz CT molecular complexity index is 776. The summed E-state index contributed by atoms with van der Waals surface area (Å²) in [6, 6.07) is 5.74. The minimum Gasteiger partial charge on any atom is -0.493 e. The van der Waals surface area contributed by atoms with Crippen LogP contribution in [-0.2, 0) is 14.3 Å². The van der Waals surface area contributed by atoms with Crippen molar-refractivity contribution >= 4 is 17.5 Å². The second-order valence-electron chi connectivity index (χ2n) is 6.95. The first-order valence-electron chi connectivity index (χ1n) is 9.69. The van der Waals surface area contributed by atoms with Crippen LogP contribution in [0.4, 0.5) is 0 Å². The van der Waals surface area contributed by atoms with Crippen molar-refractivity contribution in [2.45, 2.75) is 18.9 Å². The largest absolute Gasteiger partial charge is 0.493 e. The van der Waals surface area contributed by atoms with Crippen LogP contribution in [0.1, 0.15) is 24.4 Å². The molecule has 1 saturated heterocycles. The zero-order chi connectivity index (χ0) is 20.8. The van der Waals surface area contributed by atoms with E-state index in [1.165, 1.54) is 5.01 Å². The van der Waals surface area contributed by atoms with Crippen molar-refractivity contribution in [3.8, 4) is 11.5 Å². The molecule has 9 nitrogen and oxygen atoms in total. The molecule has 29 heavy (non-hydrogen) atoms. The molecule has 1 aromatic carbocycles. The van der Waals surface area contributed by atoms with E-state index in [-0.39, 0.29) is 17.9 Å². The van der Waals surface area contributed by atoms with Gasteiger partial charge in [0.1, 0.15) is 5.71 Å². The van der Waals surface area contributed by atoms with E-state index in [0.29, 0.717) is 49.8 Å². The number of morpholine rings is 1. The lowest BCUT2D eigenvalue weighted by atomic mass is 10.0. The number of nitrogens with one attached hydrogen (secondary N) is 1. The van der Waals surface area contributed by atoms with Crippen LogP contribution in [0, 0.1) is 0 Å². The van der Waals surface area contributed by atoms with Crippen LogP contribution >= 0.6 is 0 Å². The van der Waals surface area contributed by atoms with Crippen LogP contribution < -0.4 is 14.8 Å². The maximum absolute atomic E-state index is 12.6. The molecule has 0 aromatic heterocycles. The van der Waals surface area contributed by atoms with Crippen LogP contribution in [0.25, 0.3) is 0 Å². The van der Waals surface area contributed by atoms with E-state index in [2.05, 4.69) is 15.3 Å². The molecule has 1 unspecified atom stereocenters. The fourth-order valence-corrected chi connectivity index (χ4v) is 3.53. The summed E-state index contributed by atoms with van der Waals surface area (Å²) in [5.41, 5.74) is 1.39. The molecule has 2 heterocycles. The summed E-state index contributed by atoms with van der Waals surface area (Å²) in [6.07, 6.45) is 0.652. The van der Waals surface area contributed by atoms with Gasteiger partial charge in [0.2, 0.25) is 5.91 Å². The lowest BCUT2D eigenvalue weighted by Gasteiger charge is -2.35. The third kappa shape index (κ3) is 5.04. The molecule has 158 valence electrons. The fourth-order valence-electron chi connectivity index (χ4n) is 3.53. The van der Waals surface area contributed by atoms with Crippen LogP contribution in [0.3, 0.4) is 0 Å². The summed E-state index contributed by atoms with van der Waals surface area (Å²) in [5, 5.41) is 8.31. The number of rotatable bonds is 7. The first-order valence-corrected chi connectivity index (χ1v) is 9.69. The molecule has 0 radical (unpaired) electrons. The third-order valence-corrected chi connectivity index (χ3v) is 5.20. The second kappa shape index (κ2) is 9.71. The standard InChI is InChI=1S/C20H28N4O5/c1-23-19(25)7-5-15(22-23)20(26)21-13-16(24-8-10-29-11-9-24)14-4-6-17(27-2)18(12-14)28-3/h4,6,12,16H,5,7-11,13H2,1-3H3,(H,21,26). The van der Waals surface area contributed by atoms with E-state index in [1.807, 2.05) is 18.2 Å². The highest BCUT2D eigenvalue weighted by atomic mass is 16.5. The Morgan fingerprint density at radius 1 is 1.21 bits per heavy atom. The minimum absolute atomic E-state index is 0.0498. The Kier molecular flexibility index (Phi) is 7.05. The number of carbonyl (C=O) groups is 2. The molecule has 1 atom stereocenters. The van der Waals surface area contributed by atoms with Crippen molar-refractivity contribution in [2.24, 2.45) is 5.10 Å².